The number of aromatic hydroxyl groups is 2. The number of fused-ring (bicyclic) bond motifs is 8. The number of rotatable bonds is 6. The summed E-state index contributed by atoms with van der Waals surface area (Å²) in [5.41, 5.74) is 2.79. The van der Waals surface area contributed by atoms with Crippen molar-refractivity contribution in [1.29, 1.82) is 0 Å². The Balaban J connectivity index is 1.41. The van der Waals surface area contributed by atoms with E-state index in [9.17, 15) is 39.9 Å². The summed E-state index contributed by atoms with van der Waals surface area (Å²) in [6.07, 6.45) is 3.83. The lowest BCUT2D eigenvalue weighted by molar-refractivity contribution is -0.170. The van der Waals surface area contributed by atoms with Crippen molar-refractivity contribution in [2.75, 3.05) is 0 Å². The summed E-state index contributed by atoms with van der Waals surface area (Å²) in [7, 11) is 0. The van der Waals surface area contributed by atoms with Gasteiger partial charge in [0.1, 0.15) is 34.7 Å². The van der Waals surface area contributed by atoms with Gasteiger partial charge in [0, 0.05) is 48.3 Å². The number of unbranched alkanes of at least 4 members (excludes halogenated alkanes) is 2. The predicted molar refractivity (Wildman–Crippen MR) is 211 cm³/mol. The molecule has 0 aromatic heterocycles. The molecule has 0 saturated heterocycles. The minimum atomic E-state index is -1.67. The third-order valence-electron chi connectivity index (χ3n) is 12.5. The summed E-state index contributed by atoms with van der Waals surface area (Å²) >= 11 is 0. The van der Waals surface area contributed by atoms with Gasteiger partial charge in [-0.25, -0.2) is 4.79 Å². The zero-order chi connectivity index (χ0) is 40.4. The molecule has 8 bridgehead atoms. The van der Waals surface area contributed by atoms with Crippen molar-refractivity contribution in [1.82, 2.24) is 0 Å². The van der Waals surface area contributed by atoms with E-state index in [-0.39, 0.29) is 73.2 Å². The Morgan fingerprint density at radius 2 is 1.67 bits per heavy atom. The van der Waals surface area contributed by atoms with Crippen LogP contribution in [0.15, 0.2) is 60.2 Å². The van der Waals surface area contributed by atoms with E-state index in [0.29, 0.717) is 53.5 Å². The fourth-order valence-electron chi connectivity index (χ4n) is 9.12. The standard InChI is InChI=1S/C47H52O10/c1-3-4-5-9-38-35(26-48)18-31(22-42(38)52)29-10-11-30-24-45(53)56-43-25-41(51)33(21-39(30)43)23-44-47(2,55)36-12-13-40(50)32(19-36)15-27-7-6-8-28(14-27)16-37(49)20-34(17-29)46(54)57-44/h6-8,14,18,20-22,25,29-30,32,36-37,44,48-49,51-52,55H,3-5,9,12-13,15-17,19,23-24,26H2,1-2H3/b34-20-/t29-,30-,32+,36+,37+,44+,47-/m0/s1. The lowest BCUT2D eigenvalue weighted by Gasteiger charge is -2.42. The highest BCUT2D eigenvalue weighted by molar-refractivity contribution is 5.89. The highest BCUT2D eigenvalue weighted by atomic mass is 16.6. The lowest BCUT2D eigenvalue weighted by atomic mass is 9.68. The number of hydrogen-bond donors (Lipinski definition) is 5. The number of esters is 2. The number of phenolic OH excluding ortho intramolecular Hbond substituents is 2. The SMILES string of the molecule is CCCCCc1c(O)cc([C@H]2C#C[C@H]3CC(=O)Oc4cc(O)c(cc43)C[C@H]3OC(=O)/C(=C\[C@H](O)Cc4cccc(c4)C[C@@H]4C[C@@H](CCC4=O)[C@]3(C)O)C2)cc1CO. The van der Waals surface area contributed by atoms with Crippen LogP contribution in [0.5, 0.6) is 17.2 Å². The average Bonchev–Trinajstić information content (AvgIpc) is 3.17. The van der Waals surface area contributed by atoms with Crippen molar-refractivity contribution in [3.63, 3.8) is 0 Å². The van der Waals surface area contributed by atoms with Gasteiger partial charge in [0.15, 0.2) is 0 Å². The number of phenols is 2. The summed E-state index contributed by atoms with van der Waals surface area (Å²) < 4.78 is 11.9. The Bertz CT molecular complexity index is 2140. The molecule has 300 valence electrons. The maximum Gasteiger partial charge on any atom is 0.334 e. The molecule has 0 amide bonds. The van der Waals surface area contributed by atoms with Crippen LogP contribution in [0, 0.1) is 23.7 Å². The van der Waals surface area contributed by atoms with Crippen LogP contribution in [0.2, 0.25) is 0 Å². The maximum absolute atomic E-state index is 14.6. The summed E-state index contributed by atoms with van der Waals surface area (Å²) in [4.78, 5) is 40.8. The fraction of sp³-hybridized carbons (Fsp3) is 0.468. The van der Waals surface area contributed by atoms with Gasteiger partial charge < -0.3 is 35.0 Å². The van der Waals surface area contributed by atoms with E-state index < -0.39 is 47.5 Å². The molecular weight excluding hydrogens is 725 g/mol. The van der Waals surface area contributed by atoms with Crippen molar-refractivity contribution in [2.24, 2.45) is 11.8 Å². The van der Waals surface area contributed by atoms with Crippen LogP contribution >= 0.6 is 0 Å². The van der Waals surface area contributed by atoms with Gasteiger partial charge in [0.25, 0.3) is 0 Å². The smallest absolute Gasteiger partial charge is 0.334 e. The van der Waals surface area contributed by atoms with Gasteiger partial charge in [-0.05, 0) is 103 Å². The molecule has 1 saturated carbocycles. The van der Waals surface area contributed by atoms with Gasteiger partial charge in [0.2, 0.25) is 0 Å². The summed E-state index contributed by atoms with van der Waals surface area (Å²) in [6.45, 7) is 3.38. The van der Waals surface area contributed by atoms with E-state index in [1.165, 1.54) is 12.1 Å². The Morgan fingerprint density at radius 1 is 0.895 bits per heavy atom. The molecule has 10 heteroatoms. The molecular formula is C47H52O10. The number of Topliss-reactive ketones (excluding diaryl/α,β-unsaturated/α-hetero) is 1. The van der Waals surface area contributed by atoms with E-state index in [4.69, 9.17) is 9.47 Å². The number of carbonyl (C=O) groups excluding carboxylic acids is 3. The third kappa shape index (κ3) is 8.81. The molecule has 1 fully saturated rings. The van der Waals surface area contributed by atoms with Crippen LogP contribution < -0.4 is 4.74 Å². The highest BCUT2D eigenvalue weighted by Crippen LogP contribution is 2.44. The molecule has 3 aliphatic heterocycles. The Labute approximate surface area is 333 Å². The zero-order valence-corrected chi connectivity index (χ0v) is 32.6. The number of ether oxygens (including phenoxy) is 2. The molecule has 0 radical (unpaired) electrons. The Hall–Kier alpha value is -4.95. The second-order valence-corrected chi connectivity index (χ2v) is 16.5. The molecule has 57 heavy (non-hydrogen) atoms. The van der Waals surface area contributed by atoms with Gasteiger partial charge in [-0.3, -0.25) is 9.59 Å². The third-order valence-corrected chi connectivity index (χ3v) is 12.5. The first-order chi connectivity index (χ1) is 27.3. The number of ketones is 1. The molecule has 0 spiro atoms. The van der Waals surface area contributed by atoms with E-state index >= 15 is 0 Å². The zero-order valence-electron chi connectivity index (χ0n) is 32.6. The van der Waals surface area contributed by atoms with Crippen LogP contribution in [-0.4, -0.2) is 61.1 Å². The van der Waals surface area contributed by atoms with Gasteiger partial charge in [0.05, 0.1) is 25.0 Å². The molecule has 3 aromatic rings. The van der Waals surface area contributed by atoms with Crippen LogP contribution in [0.4, 0.5) is 0 Å². The Kier molecular flexibility index (Phi) is 11.9. The number of hydrogen-bond acceptors (Lipinski definition) is 10. The first kappa shape index (κ1) is 40.3. The van der Waals surface area contributed by atoms with E-state index in [0.717, 1.165) is 30.4 Å². The molecule has 5 N–H and O–H groups in total. The van der Waals surface area contributed by atoms with Crippen molar-refractivity contribution < 1.29 is 49.4 Å². The summed E-state index contributed by atoms with van der Waals surface area (Å²) in [6, 6.07) is 14.1. The van der Waals surface area contributed by atoms with Gasteiger partial charge >= 0.3 is 11.9 Å². The first-order valence-electron chi connectivity index (χ1n) is 20.3. The molecule has 4 aliphatic rings. The maximum atomic E-state index is 14.6. The minimum absolute atomic E-state index is 0.00278. The number of benzene rings is 3. The number of carbonyl (C=O) groups is 3. The molecule has 7 atom stereocenters. The van der Waals surface area contributed by atoms with Gasteiger partial charge in [-0.15, -0.1) is 0 Å². The van der Waals surface area contributed by atoms with Crippen LogP contribution in [0.1, 0.15) is 116 Å². The minimum Gasteiger partial charge on any atom is -0.508 e. The Morgan fingerprint density at radius 3 is 2.44 bits per heavy atom. The second kappa shape index (κ2) is 16.9. The van der Waals surface area contributed by atoms with Crippen molar-refractivity contribution in [3.8, 4) is 29.1 Å². The molecule has 1 aliphatic carbocycles. The van der Waals surface area contributed by atoms with Gasteiger partial charge in [-0.2, -0.15) is 0 Å². The van der Waals surface area contributed by atoms with Crippen LogP contribution in [-0.2, 0) is 51.4 Å². The van der Waals surface area contributed by atoms with E-state index in [1.54, 1.807) is 25.1 Å². The largest absolute Gasteiger partial charge is 0.508 e. The molecule has 0 unspecified atom stereocenters. The first-order valence-corrected chi connectivity index (χ1v) is 20.3. The predicted octanol–water partition coefficient (Wildman–Crippen LogP) is 6.18. The average molecular weight is 777 g/mol. The second-order valence-electron chi connectivity index (χ2n) is 16.5. The normalized spacial score (nSPS) is 28.4. The van der Waals surface area contributed by atoms with E-state index in [1.807, 2.05) is 24.3 Å². The summed E-state index contributed by atoms with van der Waals surface area (Å²) in [5.74, 6) is 3.02. The molecule has 3 aromatic carbocycles. The van der Waals surface area contributed by atoms with Crippen LogP contribution in [0.3, 0.4) is 0 Å². The highest BCUT2D eigenvalue weighted by Gasteiger charge is 2.46. The molecule has 7 rings (SSSR count). The monoisotopic (exact) mass is 776 g/mol. The summed E-state index contributed by atoms with van der Waals surface area (Å²) in [5, 5.41) is 57.3. The van der Waals surface area contributed by atoms with Crippen LogP contribution in [0.25, 0.3) is 0 Å². The number of aliphatic hydroxyl groups excluding tert-OH is 2. The molecule has 10 nitrogen and oxygen atoms in total. The van der Waals surface area contributed by atoms with E-state index in [2.05, 4.69) is 18.8 Å². The number of aliphatic hydroxyl groups is 3. The molecule has 3 heterocycles. The van der Waals surface area contributed by atoms with Crippen molar-refractivity contribution >= 4 is 17.7 Å². The lowest BCUT2D eigenvalue weighted by Crippen LogP contribution is -2.52. The topological polar surface area (TPSA) is 171 Å². The van der Waals surface area contributed by atoms with Gasteiger partial charge in [-0.1, -0.05) is 61.9 Å². The quantitative estimate of drug-likeness (QED) is 0.0843. The van der Waals surface area contributed by atoms with Crippen molar-refractivity contribution in [2.45, 2.75) is 127 Å². The fourth-order valence-corrected chi connectivity index (χ4v) is 9.12. The van der Waals surface area contributed by atoms with Crippen molar-refractivity contribution in [3.05, 3.63) is 99.1 Å².